The molecule has 0 saturated heterocycles. The van der Waals surface area contributed by atoms with E-state index in [0.717, 1.165) is 99.9 Å². The van der Waals surface area contributed by atoms with Crippen LogP contribution in [0.15, 0.2) is 409 Å². The van der Waals surface area contributed by atoms with Gasteiger partial charge in [0.1, 0.15) is 22.3 Å². The van der Waals surface area contributed by atoms with Crippen molar-refractivity contribution < 1.29 is 8.83 Å². The molecule has 0 radical (unpaired) electrons. The van der Waals surface area contributed by atoms with Crippen LogP contribution in [0.4, 0.5) is 34.1 Å². The molecule has 4 nitrogen and oxygen atoms in total. The van der Waals surface area contributed by atoms with Crippen molar-refractivity contribution in [3.05, 3.63) is 412 Å². The van der Waals surface area contributed by atoms with E-state index in [4.69, 9.17) is 8.83 Å². The average Bonchev–Trinajstić information content (AvgIpc) is 0.898. The summed E-state index contributed by atoms with van der Waals surface area (Å²) in [5.74, 6) is 0.333. The lowest BCUT2D eigenvalue weighted by Gasteiger charge is -2.34. The van der Waals surface area contributed by atoms with Gasteiger partial charge in [-0.25, -0.2) is 0 Å². The minimum Gasteiger partial charge on any atom is -0.456 e. The molecule has 2 aromatic heterocycles. The number of anilines is 6. The quantitative estimate of drug-likeness (QED) is 0.0487. The van der Waals surface area contributed by atoms with Crippen molar-refractivity contribution >= 4 is 168 Å². The summed E-state index contributed by atoms with van der Waals surface area (Å²) in [5, 5.41) is 22.4. The second-order valence-corrected chi connectivity index (χ2v) is 38.1. The number of fused-ring (bicyclic) bond motifs is 6. The molecule has 0 saturated carbocycles. The first-order valence-corrected chi connectivity index (χ1v) is 43.2. The molecule has 0 aliphatic carbocycles. The maximum atomic E-state index is 6.81. The normalized spacial score (nSPS) is 12.1. The lowest BCUT2D eigenvalue weighted by Crippen LogP contribution is -2.74. The van der Waals surface area contributed by atoms with Crippen molar-refractivity contribution in [3.63, 3.8) is 0 Å². The van der Waals surface area contributed by atoms with Crippen LogP contribution in [-0.4, -0.2) is 16.1 Å². The summed E-state index contributed by atoms with van der Waals surface area (Å²) in [6, 6.07) is 150. The Morgan fingerprint density at radius 1 is 0.205 bits per heavy atom. The minimum absolute atomic E-state index is 0.167. The minimum atomic E-state index is -2.83. The summed E-state index contributed by atoms with van der Waals surface area (Å²) in [6.45, 7) is 9.40. The SMILES string of the molecule is CC(C)c1cc(N(c2ccc(-c3cccc([Si](c4ccccc4)(c4ccccc4)c4ccccc4)c3)cc2)c2ccc3c(c2)oc2ccccc23)c2ccc3c(C(C)C)cc(N(c4ccc(-c5cccc([Si](c6ccccc6)(c6ccccc6)c6ccccc6)c5)cc4)c4ccc5c(c4)oc4ccccc45)c4ccc1c2c34. The van der Waals surface area contributed by atoms with Crippen molar-refractivity contribution in [2.24, 2.45) is 0 Å². The van der Waals surface area contributed by atoms with Crippen LogP contribution in [0, 0.1) is 0 Å². The van der Waals surface area contributed by atoms with Crippen LogP contribution in [0.5, 0.6) is 0 Å². The number of benzene rings is 18. The van der Waals surface area contributed by atoms with Gasteiger partial charge in [0.15, 0.2) is 16.1 Å². The summed E-state index contributed by atoms with van der Waals surface area (Å²) in [7, 11) is -5.65. The van der Waals surface area contributed by atoms with Gasteiger partial charge in [0.05, 0.1) is 11.4 Å². The van der Waals surface area contributed by atoms with Gasteiger partial charge in [0.25, 0.3) is 0 Å². The second kappa shape index (κ2) is 27.9. The van der Waals surface area contributed by atoms with Crippen molar-refractivity contribution in [3.8, 4) is 22.3 Å². The van der Waals surface area contributed by atoms with Gasteiger partial charge in [-0.3, -0.25) is 0 Å². The number of nitrogens with zero attached hydrogens (tertiary/aromatic N) is 2. The predicted octanol–water partition coefficient (Wildman–Crippen LogP) is 23.7. The zero-order chi connectivity index (χ0) is 75.0. The molecule has 112 heavy (non-hydrogen) atoms. The number of hydrogen-bond donors (Lipinski definition) is 0. The molecule has 0 amide bonds. The summed E-state index contributed by atoms with van der Waals surface area (Å²) >= 11 is 0. The van der Waals surface area contributed by atoms with Gasteiger partial charge in [-0.2, -0.15) is 0 Å². The number of para-hydroxylation sites is 2. The Labute approximate surface area is 655 Å². The summed E-state index contributed by atoms with van der Waals surface area (Å²) < 4.78 is 13.6. The fourth-order valence-corrected chi connectivity index (χ4v) is 28.1. The molecule has 2 heterocycles. The third-order valence-electron chi connectivity index (χ3n) is 23.6. The fraction of sp³-hybridized carbons (Fsp3) is 0.0566. The van der Waals surface area contributed by atoms with Crippen LogP contribution >= 0.6 is 0 Å². The first-order valence-electron chi connectivity index (χ1n) is 39.2. The van der Waals surface area contributed by atoms with E-state index < -0.39 is 16.1 Å². The molecule has 20 rings (SSSR count). The van der Waals surface area contributed by atoms with E-state index in [0.29, 0.717) is 0 Å². The Bertz CT molecular complexity index is 6250. The third-order valence-corrected chi connectivity index (χ3v) is 33.2. The standard InChI is InChI=1S/C106H80N2O2Si2/c1-71(2)97-69-99(107(79-57-59-91-89-45-23-25-47-101(89)109-103(91)67-79)77-53-49-73(50-54-77)75-29-27-43-87(65-75)111(81-31-11-5-12-32-81,82-33-13-6-14-34-82)83-35-15-7-16-36-83)95-64-62-94-98(72(3)4)70-100(96-63-61-93(97)105(95)106(94)96)108(80-58-60-92-90-46-24-26-48-102(90)110-104(92)68-80)78-55-51-74(52-56-78)76-30-28-44-88(66-76)112(84-37-17-8-18-38-84,85-39-19-9-20-40-85)86-41-21-10-22-42-86/h5-72H,1-4H3. The Hall–Kier alpha value is -13.4. The average molecular weight is 1470 g/mol. The maximum absolute atomic E-state index is 6.81. The molecule has 0 spiro atoms. The third kappa shape index (κ3) is 11.2. The van der Waals surface area contributed by atoms with Crippen LogP contribution in [0.25, 0.3) is 98.4 Å². The zero-order valence-corrected chi connectivity index (χ0v) is 65.0. The number of furan rings is 2. The lowest BCUT2D eigenvalue weighted by atomic mass is 9.84. The second-order valence-electron chi connectivity index (χ2n) is 30.5. The molecular formula is C106H80N2O2Si2. The van der Waals surface area contributed by atoms with Gasteiger partial charge < -0.3 is 18.6 Å². The molecular weight excluding hydrogens is 1390 g/mol. The van der Waals surface area contributed by atoms with E-state index in [2.05, 4.69) is 438 Å². The maximum Gasteiger partial charge on any atom is 0.179 e. The van der Waals surface area contributed by atoms with E-state index in [-0.39, 0.29) is 11.8 Å². The van der Waals surface area contributed by atoms with E-state index >= 15 is 0 Å². The van der Waals surface area contributed by atoms with Crippen molar-refractivity contribution in [2.45, 2.75) is 39.5 Å². The molecule has 0 aliphatic rings. The van der Waals surface area contributed by atoms with Gasteiger partial charge in [-0.05, 0) is 181 Å². The smallest absolute Gasteiger partial charge is 0.179 e. The van der Waals surface area contributed by atoms with Gasteiger partial charge >= 0.3 is 0 Å². The molecule has 0 aliphatic heterocycles. The predicted molar refractivity (Wildman–Crippen MR) is 480 cm³/mol. The highest BCUT2D eigenvalue weighted by Gasteiger charge is 2.43. The van der Waals surface area contributed by atoms with Crippen LogP contribution < -0.4 is 51.3 Å². The number of hydrogen-bond acceptors (Lipinski definition) is 4. The molecule has 0 N–H and O–H groups in total. The van der Waals surface area contributed by atoms with E-state index in [1.54, 1.807) is 0 Å². The zero-order valence-electron chi connectivity index (χ0n) is 63.0. The molecule has 20 aromatic rings. The van der Waals surface area contributed by atoms with Crippen LogP contribution in [0.3, 0.4) is 0 Å². The summed E-state index contributed by atoms with van der Waals surface area (Å²) in [6.07, 6.45) is 0. The van der Waals surface area contributed by atoms with Crippen molar-refractivity contribution in [2.75, 3.05) is 9.80 Å². The summed E-state index contributed by atoms with van der Waals surface area (Å²) in [5.41, 5.74) is 16.9. The first kappa shape index (κ1) is 67.9. The Morgan fingerprint density at radius 3 is 0.812 bits per heavy atom. The van der Waals surface area contributed by atoms with E-state index in [1.165, 1.54) is 85.3 Å². The fourth-order valence-electron chi connectivity index (χ4n) is 18.5. The van der Waals surface area contributed by atoms with Gasteiger partial charge in [-0.1, -0.05) is 343 Å². The molecule has 6 heteroatoms. The highest BCUT2D eigenvalue weighted by molar-refractivity contribution is 7.20. The highest BCUT2D eigenvalue weighted by Crippen LogP contribution is 2.52. The Morgan fingerprint density at radius 2 is 0.482 bits per heavy atom. The van der Waals surface area contributed by atoms with E-state index in [1.807, 2.05) is 0 Å². The molecule has 0 bridgehead atoms. The molecule has 18 aromatic carbocycles. The van der Waals surface area contributed by atoms with Gasteiger partial charge in [0, 0.05) is 67.2 Å². The molecule has 0 unspecified atom stereocenters. The van der Waals surface area contributed by atoms with Gasteiger partial charge in [0.2, 0.25) is 0 Å². The first-order chi connectivity index (χ1) is 55.2. The molecule has 534 valence electrons. The van der Waals surface area contributed by atoms with Crippen molar-refractivity contribution in [1.82, 2.24) is 0 Å². The van der Waals surface area contributed by atoms with Crippen molar-refractivity contribution in [1.29, 1.82) is 0 Å². The van der Waals surface area contributed by atoms with Crippen LogP contribution in [0.2, 0.25) is 0 Å². The molecule has 0 atom stereocenters. The van der Waals surface area contributed by atoms with Gasteiger partial charge in [-0.15, -0.1) is 0 Å². The molecule has 0 fully saturated rings. The lowest BCUT2D eigenvalue weighted by molar-refractivity contribution is 0.668. The highest BCUT2D eigenvalue weighted by atomic mass is 28.3. The number of rotatable bonds is 18. The topological polar surface area (TPSA) is 32.8 Å². The largest absolute Gasteiger partial charge is 0.456 e. The summed E-state index contributed by atoms with van der Waals surface area (Å²) in [4.78, 5) is 4.98. The monoisotopic (exact) mass is 1470 g/mol. The Balaban J connectivity index is 0.772. The van der Waals surface area contributed by atoms with Crippen LogP contribution in [-0.2, 0) is 0 Å². The van der Waals surface area contributed by atoms with Crippen LogP contribution in [0.1, 0.15) is 50.7 Å². The van der Waals surface area contributed by atoms with E-state index in [9.17, 15) is 0 Å². The Kier molecular flexibility index (Phi) is 17.0.